The molecule has 0 fully saturated rings. The maximum Gasteiger partial charge on any atom is 0.160 e. The van der Waals surface area contributed by atoms with Crippen molar-refractivity contribution >= 4 is 32.4 Å². The minimum absolute atomic E-state index is 0.685. The van der Waals surface area contributed by atoms with Gasteiger partial charge in [0.2, 0.25) is 0 Å². The number of para-hydroxylation sites is 1. The summed E-state index contributed by atoms with van der Waals surface area (Å²) < 4.78 is 0. The van der Waals surface area contributed by atoms with Crippen LogP contribution in [-0.2, 0) is 0 Å². The van der Waals surface area contributed by atoms with E-state index >= 15 is 0 Å². The number of fused-ring (bicyclic) bond motifs is 5. The van der Waals surface area contributed by atoms with Crippen LogP contribution < -0.4 is 0 Å². The molecule has 9 aromatic carbocycles. The van der Waals surface area contributed by atoms with E-state index in [9.17, 15) is 0 Å². The molecule has 0 aliphatic carbocycles. The van der Waals surface area contributed by atoms with E-state index < -0.39 is 0 Å². The van der Waals surface area contributed by atoms with Gasteiger partial charge in [-0.2, -0.15) is 0 Å². The first-order valence-electron chi connectivity index (χ1n) is 20.3. The van der Waals surface area contributed by atoms with Crippen molar-refractivity contribution < 1.29 is 0 Å². The molecule has 0 amide bonds. The highest BCUT2D eigenvalue weighted by Gasteiger charge is 2.16. The van der Waals surface area contributed by atoms with Gasteiger partial charge in [0.05, 0.1) is 22.6 Å². The van der Waals surface area contributed by atoms with Crippen molar-refractivity contribution in [2.75, 3.05) is 0 Å². The predicted octanol–water partition coefficient (Wildman–Crippen LogP) is 15.0. The van der Waals surface area contributed by atoms with E-state index in [0.717, 1.165) is 78.1 Å². The van der Waals surface area contributed by atoms with Crippen LogP contribution in [-0.4, -0.2) is 15.0 Å². The van der Waals surface area contributed by atoms with E-state index in [1.807, 2.05) is 12.1 Å². The predicted molar refractivity (Wildman–Crippen MR) is 250 cm³/mol. The summed E-state index contributed by atoms with van der Waals surface area (Å²) >= 11 is 0. The Bertz CT molecular complexity index is 3240. The van der Waals surface area contributed by atoms with Crippen molar-refractivity contribution in [1.29, 1.82) is 0 Å². The van der Waals surface area contributed by atoms with Gasteiger partial charge in [-0.15, -0.1) is 0 Å². The molecule has 0 radical (unpaired) electrons. The lowest BCUT2D eigenvalue weighted by Gasteiger charge is -2.14. The molecule has 3 nitrogen and oxygen atoms in total. The first kappa shape index (κ1) is 35.2. The molecule has 0 spiro atoms. The number of rotatable bonds is 7. The van der Waals surface area contributed by atoms with E-state index in [0.29, 0.717) is 5.82 Å². The zero-order valence-electron chi connectivity index (χ0n) is 32.7. The summed E-state index contributed by atoms with van der Waals surface area (Å²) in [6.45, 7) is 0. The Balaban J connectivity index is 0.995. The number of aromatic nitrogens is 3. The van der Waals surface area contributed by atoms with Gasteiger partial charge in [0.15, 0.2) is 5.82 Å². The van der Waals surface area contributed by atoms with E-state index in [4.69, 9.17) is 15.0 Å². The lowest BCUT2D eigenvalue weighted by Crippen LogP contribution is -1.96. The second kappa shape index (κ2) is 15.1. The highest BCUT2D eigenvalue weighted by molar-refractivity contribution is 6.22. The van der Waals surface area contributed by atoms with Crippen molar-refractivity contribution in [2.45, 2.75) is 0 Å². The summed E-state index contributed by atoms with van der Waals surface area (Å²) in [6, 6.07) is 79.2. The van der Waals surface area contributed by atoms with Crippen LogP contribution in [0.2, 0.25) is 0 Å². The van der Waals surface area contributed by atoms with Gasteiger partial charge in [0.1, 0.15) is 0 Å². The molecular formula is C57H37N3. The summed E-state index contributed by atoms with van der Waals surface area (Å²) in [5.41, 5.74) is 14.7. The molecule has 0 bridgehead atoms. The van der Waals surface area contributed by atoms with Crippen molar-refractivity contribution in [1.82, 2.24) is 15.0 Å². The van der Waals surface area contributed by atoms with Crippen LogP contribution in [0.3, 0.4) is 0 Å². The fraction of sp³-hybridized carbons (Fsp3) is 0. The third kappa shape index (κ3) is 6.58. The van der Waals surface area contributed by atoms with Crippen LogP contribution in [0.1, 0.15) is 0 Å². The fourth-order valence-electron chi connectivity index (χ4n) is 8.45. The number of hydrogen-bond donors (Lipinski definition) is 0. The highest BCUT2D eigenvalue weighted by atomic mass is 14.9. The van der Waals surface area contributed by atoms with Gasteiger partial charge < -0.3 is 0 Å². The number of pyridine rings is 1. The van der Waals surface area contributed by atoms with E-state index in [-0.39, 0.29) is 0 Å². The molecule has 60 heavy (non-hydrogen) atoms. The highest BCUT2D eigenvalue weighted by Crippen LogP contribution is 2.39. The van der Waals surface area contributed by atoms with Crippen molar-refractivity contribution in [3.63, 3.8) is 0 Å². The Labute approximate surface area is 349 Å². The third-order valence-electron chi connectivity index (χ3n) is 11.5. The van der Waals surface area contributed by atoms with Crippen LogP contribution in [0.4, 0.5) is 0 Å². The lowest BCUT2D eigenvalue weighted by molar-refractivity contribution is 1.18. The van der Waals surface area contributed by atoms with Crippen LogP contribution in [0.25, 0.3) is 111 Å². The quantitative estimate of drug-likeness (QED) is 0.152. The Morgan fingerprint density at radius 3 is 1.43 bits per heavy atom. The van der Waals surface area contributed by atoms with Crippen LogP contribution in [0.15, 0.2) is 224 Å². The number of benzene rings is 9. The molecule has 0 saturated heterocycles. The van der Waals surface area contributed by atoms with Crippen LogP contribution >= 0.6 is 0 Å². The van der Waals surface area contributed by atoms with Crippen molar-refractivity contribution in [3.8, 4) is 78.5 Å². The molecule has 0 atom stereocenters. The third-order valence-corrected chi connectivity index (χ3v) is 11.5. The standard InChI is InChI=1S/C57H37N3/c1-3-14-38(15-4-1)43-19-11-22-46(34-43)54-37-53(59-57(60-54)48-24-13-21-45(36-48)39-16-5-2-6-17-39)42-30-28-40(29-31-42)44-20-12-23-47(35-44)56-51-33-32-41-18-7-8-25-49(41)55(51)50-26-9-10-27-52(50)58-56/h1-37H. The minimum atomic E-state index is 0.685. The normalized spacial score (nSPS) is 11.3. The van der Waals surface area contributed by atoms with Gasteiger partial charge >= 0.3 is 0 Å². The van der Waals surface area contributed by atoms with Gasteiger partial charge in [0, 0.05) is 38.4 Å². The van der Waals surface area contributed by atoms with Gasteiger partial charge in [-0.3, -0.25) is 0 Å². The first-order chi connectivity index (χ1) is 29.7. The summed E-state index contributed by atoms with van der Waals surface area (Å²) in [7, 11) is 0. The molecule has 11 aromatic rings. The molecular weight excluding hydrogens is 727 g/mol. The second-order valence-corrected chi connectivity index (χ2v) is 15.2. The Kier molecular flexibility index (Phi) is 8.83. The number of nitrogens with zero attached hydrogens (tertiary/aromatic N) is 3. The Morgan fingerprint density at radius 2 is 0.733 bits per heavy atom. The second-order valence-electron chi connectivity index (χ2n) is 15.2. The molecule has 0 aliphatic heterocycles. The molecule has 0 N–H and O–H groups in total. The summed E-state index contributed by atoms with van der Waals surface area (Å²) in [6.07, 6.45) is 0. The largest absolute Gasteiger partial charge is 0.247 e. The zero-order valence-corrected chi connectivity index (χ0v) is 32.7. The Hall–Kier alpha value is -8.01. The van der Waals surface area contributed by atoms with E-state index in [1.54, 1.807) is 0 Å². The molecule has 0 unspecified atom stereocenters. The maximum atomic E-state index is 5.27. The van der Waals surface area contributed by atoms with Gasteiger partial charge in [-0.1, -0.05) is 194 Å². The lowest BCUT2D eigenvalue weighted by atomic mass is 9.94. The van der Waals surface area contributed by atoms with E-state index in [1.165, 1.54) is 27.1 Å². The summed E-state index contributed by atoms with van der Waals surface area (Å²) in [4.78, 5) is 15.7. The molecule has 0 aliphatic rings. The topological polar surface area (TPSA) is 38.7 Å². The smallest absolute Gasteiger partial charge is 0.160 e. The average Bonchev–Trinajstić information content (AvgIpc) is 3.34. The van der Waals surface area contributed by atoms with Crippen LogP contribution in [0, 0.1) is 0 Å². The fourth-order valence-corrected chi connectivity index (χ4v) is 8.45. The monoisotopic (exact) mass is 763 g/mol. The number of hydrogen-bond acceptors (Lipinski definition) is 3. The Morgan fingerprint density at radius 1 is 0.250 bits per heavy atom. The zero-order chi connectivity index (χ0) is 39.8. The minimum Gasteiger partial charge on any atom is -0.247 e. The molecule has 2 heterocycles. The van der Waals surface area contributed by atoms with Gasteiger partial charge in [0.25, 0.3) is 0 Å². The van der Waals surface area contributed by atoms with Gasteiger partial charge in [-0.25, -0.2) is 15.0 Å². The molecule has 0 saturated carbocycles. The van der Waals surface area contributed by atoms with Gasteiger partial charge in [-0.05, 0) is 74.5 Å². The molecule has 280 valence electrons. The molecule has 11 rings (SSSR count). The van der Waals surface area contributed by atoms with Crippen molar-refractivity contribution in [2.24, 2.45) is 0 Å². The SMILES string of the molecule is c1ccc(-c2cccc(-c3cc(-c4ccc(-c5cccc(-c6nc7ccccc7c7c6ccc6ccccc67)c5)cc4)nc(-c4cccc(-c5ccccc5)c4)n3)c2)cc1. The molecule has 2 aromatic heterocycles. The maximum absolute atomic E-state index is 5.27. The summed E-state index contributed by atoms with van der Waals surface area (Å²) in [5.74, 6) is 0.685. The average molecular weight is 764 g/mol. The van der Waals surface area contributed by atoms with Crippen LogP contribution in [0.5, 0.6) is 0 Å². The van der Waals surface area contributed by atoms with Crippen molar-refractivity contribution in [3.05, 3.63) is 224 Å². The first-order valence-corrected chi connectivity index (χ1v) is 20.3. The molecule has 3 heteroatoms. The summed E-state index contributed by atoms with van der Waals surface area (Å²) in [5, 5.41) is 6.03. The van der Waals surface area contributed by atoms with E-state index in [2.05, 4.69) is 212 Å².